The molecule has 182 valence electrons. The van der Waals surface area contributed by atoms with Crippen LogP contribution < -0.4 is 20.1 Å². The van der Waals surface area contributed by atoms with Crippen LogP contribution >= 0.6 is 0 Å². The second-order valence-corrected chi connectivity index (χ2v) is 8.49. The predicted octanol–water partition coefficient (Wildman–Crippen LogP) is 3.70. The summed E-state index contributed by atoms with van der Waals surface area (Å²) in [6.07, 6.45) is 2.42. The molecule has 10 nitrogen and oxygen atoms in total. The molecule has 0 unspecified atom stereocenters. The minimum absolute atomic E-state index is 0.239. The van der Waals surface area contributed by atoms with E-state index in [9.17, 15) is 4.79 Å². The molecular formula is C25H29N7O3. The lowest BCUT2D eigenvalue weighted by Gasteiger charge is -2.17. The SMILES string of the molecule is COc1cc2nc(Nc3nc4ccccc4n3C)nc(NCCCN3CCCC3=O)c2cc1OC. The van der Waals surface area contributed by atoms with Crippen molar-refractivity contribution >= 4 is 45.6 Å². The number of nitrogens with one attached hydrogen (secondary N) is 2. The number of imidazole rings is 1. The van der Waals surface area contributed by atoms with E-state index in [0.717, 1.165) is 42.4 Å². The number of fused-ring (bicyclic) bond motifs is 2. The summed E-state index contributed by atoms with van der Waals surface area (Å²) >= 11 is 0. The number of carbonyl (C=O) groups excluding carboxylic acids is 1. The van der Waals surface area contributed by atoms with E-state index < -0.39 is 0 Å². The van der Waals surface area contributed by atoms with E-state index in [1.807, 2.05) is 52.9 Å². The van der Waals surface area contributed by atoms with E-state index in [4.69, 9.17) is 19.4 Å². The molecule has 2 aromatic carbocycles. The molecule has 4 aromatic rings. The molecule has 1 saturated heterocycles. The van der Waals surface area contributed by atoms with Crippen LogP contribution in [0.3, 0.4) is 0 Å². The molecule has 0 bridgehead atoms. The second kappa shape index (κ2) is 9.65. The van der Waals surface area contributed by atoms with Crippen LogP contribution in [0.4, 0.5) is 17.7 Å². The van der Waals surface area contributed by atoms with Crippen molar-refractivity contribution in [2.75, 3.05) is 44.5 Å². The number of para-hydroxylation sites is 2. The second-order valence-electron chi connectivity index (χ2n) is 8.49. The van der Waals surface area contributed by atoms with Crippen molar-refractivity contribution in [3.05, 3.63) is 36.4 Å². The quantitative estimate of drug-likeness (QED) is 0.353. The highest BCUT2D eigenvalue weighted by Gasteiger charge is 2.19. The summed E-state index contributed by atoms with van der Waals surface area (Å²) in [5.41, 5.74) is 2.60. The minimum Gasteiger partial charge on any atom is -0.493 e. The fraction of sp³-hybridized carbons (Fsp3) is 0.360. The standard InChI is InChI=1S/C25H29N7O3/c1-31-19-9-5-4-8-17(19)28-25(31)30-24-27-18-15-21(35-3)20(34-2)14-16(18)23(29-24)26-11-7-13-32-12-6-10-22(32)33/h4-5,8-9,14-15H,6-7,10-13H2,1-3H3,(H2,26,27,28,29,30). The van der Waals surface area contributed by atoms with Crippen molar-refractivity contribution in [1.82, 2.24) is 24.4 Å². The number of amides is 1. The molecular weight excluding hydrogens is 446 g/mol. The average molecular weight is 476 g/mol. The van der Waals surface area contributed by atoms with Crippen molar-refractivity contribution in [3.8, 4) is 11.5 Å². The van der Waals surface area contributed by atoms with E-state index >= 15 is 0 Å². The summed E-state index contributed by atoms with van der Waals surface area (Å²) in [5, 5.41) is 7.51. The molecule has 0 saturated carbocycles. The molecule has 1 aliphatic heterocycles. The third-order valence-corrected chi connectivity index (χ3v) is 6.28. The van der Waals surface area contributed by atoms with Crippen molar-refractivity contribution < 1.29 is 14.3 Å². The van der Waals surface area contributed by atoms with E-state index in [-0.39, 0.29) is 5.91 Å². The molecule has 3 heterocycles. The monoisotopic (exact) mass is 475 g/mol. The Morgan fingerprint density at radius 1 is 1.03 bits per heavy atom. The van der Waals surface area contributed by atoms with Gasteiger partial charge in [-0.15, -0.1) is 0 Å². The van der Waals surface area contributed by atoms with Gasteiger partial charge in [-0.25, -0.2) is 9.97 Å². The first-order chi connectivity index (χ1) is 17.1. The lowest BCUT2D eigenvalue weighted by atomic mass is 10.2. The highest BCUT2D eigenvalue weighted by molar-refractivity contribution is 5.93. The molecule has 10 heteroatoms. The van der Waals surface area contributed by atoms with Gasteiger partial charge in [0.05, 0.1) is 30.8 Å². The first-order valence-electron chi connectivity index (χ1n) is 11.7. The number of likely N-dealkylation sites (tertiary alicyclic amines) is 1. The summed E-state index contributed by atoms with van der Waals surface area (Å²) in [6.45, 7) is 2.24. The number of carbonyl (C=O) groups is 1. The van der Waals surface area contributed by atoms with Gasteiger partial charge in [0.2, 0.25) is 17.8 Å². The molecule has 5 rings (SSSR count). The van der Waals surface area contributed by atoms with Crippen LogP contribution in [0.25, 0.3) is 21.9 Å². The Bertz CT molecular complexity index is 1380. The zero-order valence-corrected chi connectivity index (χ0v) is 20.2. The molecule has 0 atom stereocenters. The minimum atomic E-state index is 0.239. The zero-order chi connectivity index (χ0) is 24.4. The Morgan fingerprint density at radius 2 is 1.83 bits per heavy atom. The first kappa shape index (κ1) is 22.7. The van der Waals surface area contributed by atoms with Crippen molar-refractivity contribution in [1.29, 1.82) is 0 Å². The Labute approximate surface area is 203 Å². The maximum Gasteiger partial charge on any atom is 0.232 e. The summed E-state index contributed by atoms with van der Waals surface area (Å²) in [6, 6.07) is 11.6. The van der Waals surface area contributed by atoms with Gasteiger partial charge in [0.1, 0.15) is 5.82 Å². The summed E-state index contributed by atoms with van der Waals surface area (Å²) < 4.78 is 13.0. The number of methoxy groups -OCH3 is 2. The van der Waals surface area contributed by atoms with Crippen LogP contribution in [0.2, 0.25) is 0 Å². The number of hydrogen-bond acceptors (Lipinski definition) is 8. The number of nitrogens with zero attached hydrogens (tertiary/aromatic N) is 5. The number of ether oxygens (including phenoxy) is 2. The maximum absolute atomic E-state index is 11.9. The van der Waals surface area contributed by atoms with Gasteiger partial charge in [-0.05, 0) is 31.0 Å². The van der Waals surface area contributed by atoms with Gasteiger partial charge >= 0.3 is 0 Å². The number of rotatable bonds is 9. The number of aryl methyl sites for hydroxylation is 1. The molecule has 2 aromatic heterocycles. The van der Waals surface area contributed by atoms with Crippen LogP contribution in [0, 0.1) is 0 Å². The fourth-order valence-electron chi connectivity index (χ4n) is 4.42. The van der Waals surface area contributed by atoms with Gasteiger partial charge in [-0.3, -0.25) is 10.1 Å². The number of benzene rings is 2. The van der Waals surface area contributed by atoms with Gasteiger partial charge in [-0.1, -0.05) is 12.1 Å². The van der Waals surface area contributed by atoms with Crippen LogP contribution in [-0.4, -0.2) is 64.2 Å². The van der Waals surface area contributed by atoms with Crippen LogP contribution in [0.1, 0.15) is 19.3 Å². The number of aromatic nitrogens is 4. The third-order valence-electron chi connectivity index (χ3n) is 6.28. The molecule has 1 fully saturated rings. The molecule has 2 N–H and O–H groups in total. The number of hydrogen-bond donors (Lipinski definition) is 2. The maximum atomic E-state index is 11.9. The van der Waals surface area contributed by atoms with Crippen molar-refractivity contribution in [2.45, 2.75) is 19.3 Å². The first-order valence-corrected chi connectivity index (χ1v) is 11.7. The van der Waals surface area contributed by atoms with Gasteiger partial charge in [0, 0.05) is 44.6 Å². The summed E-state index contributed by atoms with van der Waals surface area (Å²) in [5.74, 6) is 3.16. The van der Waals surface area contributed by atoms with Gasteiger partial charge < -0.3 is 24.3 Å². The Kier molecular flexibility index (Phi) is 6.26. The molecule has 1 aliphatic rings. The Balaban J connectivity index is 1.45. The highest BCUT2D eigenvalue weighted by Crippen LogP contribution is 2.35. The molecule has 1 amide bonds. The zero-order valence-electron chi connectivity index (χ0n) is 20.2. The Morgan fingerprint density at radius 3 is 2.57 bits per heavy atom. The summed E-state index contributed by atoms with van der Waals surface area (Å²) in [7, 11) is 5.15. The smallest absolute Gasteiger partial charge is 0.232 e. The van der Waals surface area contributed by atoms with Gasteiger partial charge in [0.15, 0.2) is 11.5 Å². The molecule has 0 aliphatic carbocycles. The Hall–Kier alpha value is -4.08. The molecule has 35 heavy (non-hydrogen) atoms. The largest absolute Gasteiger partial charge is 0.493 e. The summed E-state index contributed by atoms with van der Waals surface area (Å²) in [4.78, 5) is 28.0. The van der Waals surface area contributed by atoms with E-state index in [1.54, 1.807) is 14.2 Å². The van der Waals surface area contributed by atoms with E-state index in [0.29, 0.717) is 47.7 Å². The fourth-order valence-corrected chi connectivity index (χ4v) is 4.42. The van der Waals surface area contributed by atoms with Crippen LogP contribution in [0.15, 0.2) is 36.4 Å². The topological polar surface area (TPSA) is 106 Å². The number of anilines is 3. The lowest BCUT2D eigenvalue weighted by molar-refractivity contribution is -0.127. The average Bonchev–Trinajstić information content (AvgIpc) is 3.43. The van der Waals surface area contributed by atoms with Crippen molar-refractivity contribution in [2.24, 2.45) is 7.05 Å². The van der Waals surface area contributed by atoms with Gasteiger partial charge in [0.25, 0.3) is 0 Å². The van der Waals surface area contributed by atoms with Crippen LogP contribution in [-0.2, 0) is 11.8 Å². The van der Waals surface area contributed by atoms with Crippen molar-refractivity contribution in [3.63, 3.8) is 0 Å². The van der Waals surface area contributed by atoms with E-state index in [1.165, 1.54) is 0 Å². The van der Waals surface area contributed by atoms with Gasteiger partial charge in [-0.2, -0.15) is 4.98 Å². The lowest BCUT2D eigenvalue weighted by Crippen LogP contribution is -2.27. The normalized spacial score (nSPS) is 13.6. The van der Waals surface area contributed by atoms with E-state index in [2.05, 4.69) is 15.6 Å². The highest BCUT2D eigenvalue weighted by atomic mass is 16.5. The van der Waals surface area contributed by atoms with Crippen LogP contribution in [0.5, 0.6) is 11.5 Å². The third kappa shape index (κ3) is 4.51. The molecule has 0 spiro atoms. The predicted molar refractivity (Wildman–Crippen MR) is 136 cm³/mol. The molecule has 0 radical (unpaired) electrons.